The minimum absolute atomic E-state index is 0.00933. The normalized spacial score (nSPS) is 16.7. The predicted molar refractivity (Wildman–Crippen MR) is 128 cm³/mol. The topological polar surface area (TPSA) is 151 Å². The minimum Gasteiger partial charge on any atom is -0.481 e. The van der Waals surface area contributed by atoms with E-state index in [1.54, 1.807) is 35.8 Å². The van der Waals surface area contributed by atoms with Gasteiger partial charge in [0.15, 0.2) is 0 Å². The molecule has 14 heteroatoms. The Bertz CT molecular complexity index is 1180. The second-order valence-electron chi connectivity index (χ2n) is 8.84. The van der Waals surface area contributed by atoms with E-state index in [1.165, 1.54) is 6.92 Å². The molecule has 0 radical (unpaired) electrons. The number of halogens is 3. The number of alkyl halides is 3. The van der Waals surface area contributed by atoms with Crippen LogP contribution in [0.2, 0.25) is 0 Å². The maximum atomic E-state index is 12.3. The van der Waals surface area contributed by atoms with E-state index < -0.39 is 24.2 Å². The van der Waals surface area contributed by atoms with E-state index in [2.05, 4.69) is 10.3 Å². The molecule has 0 bridgehead atoms. The van der Waals surface area contributed by atoms with Crippen molar-refractivity contribution >= 4 is 29.6 Å². The van der Waals surface area contributed by atoms with Crippen molar-refractivity contribution in [3.05, 3.63) is 36.3 Å². The number of alkyl carbamates (subject to hydrolysis) is 1. The Balaban J connectivity index is 0.000000638. The van der Waals surface area contributed by atoms with E-state index >= 15 is 0 Å². The van der Waals surface area contributed by atoms with E-state index in [0.717, 1.165) is 16.8 Å². The molecule has 2 aromatic rings. The highest BCUT2D eigenvalue weighted by atomic mass is 19.4. The first kappa shape index (κ1) is 30.1. The minimum atomic E-state index is -5.08. The maximum Gasteiger partial charge on any atom is 0.490 e. The van der Waals surface area contributed by atoms with Gasteiger partial charge < -0.3 is 29.7 Å². The number of benzene rings is 1. The molecular formula is C24H29F3N4O7. The third-order valence-electron chi connectivity index (χ3n) is 5.41. The van der Waals surface area contributed by atoms with Crippen molar-refractivity contribution in [1.29, 1.82) is 0 Å². The molecule has 11 nitrogen and oxygen atoms in total. The van der Waals surface area contributed by atoms with Crippen LogP contribution in [0, 0.1) is 0 Å². The number of imidazole rings is 1. The van der Waals surface area contributed by atoms with Gasteiger partial charge in [-0.15, -0.1) is 0 Å². The third-order valence-corrected chi connectivity index (χ3v) is 5.41. The van der Waals surface area contributed by atoms with Crippen molar-refractivity contribution in [2.45, 2.75) is 71.4 Å². The molecule has 2 atom stereocenters. The van der Waals surface area contributed by atoms with Gasteiger partial charge in [0.2, 0.25) is 5.91 Å². The number of hydrogen-bond acceptors (Lipinski definition) is 6. The van der Waals surface area contributed by atoms with Crippen molar-refractivity contribution in [1.82, 2.24) is 14.9 Å². The highest BCUT2D eigenvalue weighted by Gasteiger charge is 2.38. The smallest absolute Gasteiger partial charge is 0.481 e. The lowest BCUT2D eigenvalue weighted by Crippen LogP contribution is -2.45. The Hall–Kier alpha value is -4.10. The van der Waals surface area contributed by atoms with Gasteiger partial charge in [-0.05, 0) is 44.9 Å². The van der Waals surface area contributed by atoms with Crippen molar-refractivity contribution in [3.63, 3.8) is 0 Å². The number of rotatable bonds is 6. The number of hydrogen-bond donors (Lipinski definition) is 3. The summed E-state index contributed by atoms with van der Waals surface area (Å²) in [6.45, 7) is 7.37. The zero-order valence-corrected chi connectivity index (χ0v) is 21.2. The molecule has 0 spiro atoms. The van der Waals surface area contributed by atoms with Crippen LogP contribution in [0.15, 0.2) is 30.7 Å². The average molecular weight is 543 g/mol. The van der Waals surface area contributed by atoms with Crippen LogP contribution < -0.4 is 10.2 Å². The van der Waals surface area contributed by atoms with Crippen LogP contribution >= 0.6 is 0 Å². The quantitative estimate of drug-likeness (QED) is 0.496. The molecule has 0 unspecified atom stereocenters. The van der Waals surface area contributed by atoms with Gasteiger partial charge in [0.05, 0.1) is 30.6 Å². The maximum absolute atomic E-state index is 12.3. The summed E-state index contributed by atoms with van der Waals surface area (Å²) in [5.74, 6) is -3.69. The lowest BCUT2D eigenvalue weighted by atomic mass is 9.90. The number of fused-ring (bicyclic) bond motifs is 1. The number of aryl methyl sites for hydroxylation is 1. The molecule has 2 heterocycles. The Morgan fingerprint density at radius 1 is 1.21 bits per heavy atom. The summed E-state index contributed by atoms with van der Waals surface area (Å²) < 4.78 is 38.7. The molecule has 2 amide bonds. The number of nitrogens with one attached hydrogen (secondary N) is 1. The van der Waals surface area contributed by atoms with Gasteiger partial charge in [0, 0.05) is 37.0 Å². The first-order valence-corrected chi connectivity index (χ1v) is 11.5. The lowest BCUT2D eigenvalue weighted by molar-refractivity contribution is -0.192. The summed E-state index contributed by atoms with van der Waals surface area (Å²) >= 11 is 0. The molecule has 1 aromatic carbocycles. The molecule has 0 saturated heterocycles. The Morgan fingerprint density at radius 3 is 2.37 bits per heavy atom. The largest absolute Gasteiger partial charge is 0.490 e. The molecule has 3 N–H and O–H groups in total. The molecule has 0 saturated carbocycles. The monoisotopic (exact) mass is 542 g/mol. The van der Waals surface area contributed by atoms with Crippen LogP contribution in [0.5, 0.6) is 0 Å². The molecule has 38 heavy (non-hydrogen) atoms. The summed E-state index contributed by atoms with van der Waals surface area (Å²) in [4.78, 5) is 50.4. The fourth-order valence-corrected chi connectivity index (χ4v) is 3.89. The SMILES string of the molecule is CC(=O)N1c2ccc(-c3cn(CCC(=O)O)cn3)cc2[C@@H](NC(=O)OC(C)C)C[C@H]1C.O=C(O)C(F)(F)F. The molecule has 1 aromatic heterocycles. The van der Waals surface area contributed by atoms with Crippen LogP contribution in [0.3, 0.4) is 0 Å². The predicted octanol–water partition coefficient (Wildman–Crippen LogP) is 3.98. The standard InChI is InChI=1S/C22H28N4O5.C2HF3O2/c1-13(2)31-22(30)24-18-9-14(3)26(15(4)27)20-6-5-16(10-17(18)20)19-11-25(12-23-19)8-7-21(28)29;3-2(4,5)1(6)7/h5-6,10-14,18H,7-9H2,1-4H3,(H,24,30)(H,28,29);(H,6,7)/t14-,18+;/m1./s1. The molecule has 0 fully saturated rings. The van der Waals surface area contributed by atoms with Crippen molar-refractivity contribution in [3.8, 4) is 11.3 Å². The summed E-state index contributed by atoms with van der Waals surface area (Å²) in [6.07, 6.45) is -1.88. The summed E-state index contributed by atoms with van der Waals surface area (Å²) in [5, 5.41) is 18.9. The zero-order valence-electron chi connectivity index (χ0n) is 21.2. The summed E-state index contributed by atoms with van der Waals surface area (Å²) in [6, 6.07) is 5.25. The van der Waals surface area contributed by atoms with Gasteiger partial charge in [-0.3, -0.25) is 9.59 Å². The van der Waals surface area contributed by atoms with Gasteiger partial charge in [0.25, 0.3) is 0 Å². The van der Waals surface area contributed by atoms with Crippen LogP contribution in [-0.4, -0.2) is 62.0 Å². The second-order valence-corrected chi connectivity index (χ2v) is 8.84. The van der Waals surface area contributed by atoms with Crippen LogP contribution in [-0.2, 0) is 25.7 Å². The van der Waals surface area contributed by atoms with Gasteiger partial charge in [0.1, 0.15) is 0 Å². The molecule has 3 rings (SSSR count). The summed E-state index contributed by atoms with van der Waals surface area (Å²) in [7, 11) is 0. The van der Waals surface area contributed by atoms with Gasteiger partial charge >= 0.3 is 24.2 Å². The molecule has 1 aliphatic heterocycles. The summed E-state index contributed by atoms with van der Waals surface area (Å²) in [5.41, 5.74) is 3.06. The van der Waals surface area contributed by atoms with Gasteiger partial charge in [-0.2, -0.15) is 13.2 Å². The number of aromatic nitrogens is 2. The zero-order chi connectivity index (χ0) is 28.8. The van der Waals surface area contributed by atoms with E-state index in [1.807, 2.05) is 25.1 Å². The number of carbonyl (C=O) groups excluding carboxylic acids is 2. The van der Waals surface area contributed by atoms with E-state index in [9.17, 15) is 27.6 Å². The number of carboxylic acids is 2. The Labute approximate surface area is 216 Å². The van der Waals surface area contributed by atoms with E-state index in [4.69, 9.17) is 19.7 Å². The van der Waals surface area contributed by atoms with Crippen molar-refractivity contribution < 1.29 is 47.3 Å². The first-order chi connectivity index (χ1) is 17.6. The van der Waals surface area contributed by atoms with E-state index in [0.29, 0.717) is 18.7 Å². The second kappa shape index (κ2) is 12.4. The number of ether oxygens (including phenoxy) is 1. The molecule has 0 aliphatic carbocycles. The number of amides is 2. The fraction of sp³-hybridized carbons (Fsp3) is 0.458. The average Bonchev–Trinajstić information content (AvgIpc) is 3.25. The number of carbonyl (C=O) groups is 4. The molecular weight excluding hydrogens is 513 g/mol. The first-order valence-electron chi connectivity index (χ1n) is 11.5. The lowest BCUT2D eigenvalue weighted by Gasteiger charge is -2.39. The van der Waals surface area contributed by atoms with Crippen LogP contribution in [0.1, 0.15) is 52.1 Å². The molecule has 1 aliphatic rings. The van der Waals surface area contributed by atoms with Crippen molar-refractivity contribution in [2.75, 3.05) is 4.90 Å². The van der Waals surface area contributed by atoms with E-state index in [-0.39, 0.29) is 30.5 Å². The number of nitrogens with zero attached hydrogens (tertiary/aromatic N) is 3. The third kappa shape index (κ3) is 8.21. The number of aliphatic carboxylic acids is 2. The highest BCUT2D eigenvalue weighted by molar-refractivity contribution is 5.94. The number of carboxylic acid groups (broad SMARTS) is 2. The van der Waals surface area contributed by atoms with Gasteiger partial charge in [-0.25, -0.2) is 14.6 Å². The van der Waals surface area contributed by atoms with Crippen LogP contribution in [0.25, 0.3) is 11.3 Å². The fourth-order valence-electron chi connectivity index (χ4n) is 3.89. The van der Waals surface area contributed by atoms with Crippen molar-refractivity contribution in [2.24, 2.45) is 0 Å². The highest BCUT2D eigenvalue weighted by Crippen LogP contribution is 2.39. The Morgan fingerprint density at radius 2 is 1.84 bits per heavy atom. The number of anilines is 1. The van der Waals surface area contributed by atoms with Crippen LogP contribution in [0.4, 0.5) is 23.7 Å². The van der Waals surface area contributed by atoms with Gasteiger partial charge in [-0.1, -0.05) is 6.07 Å². The molecule has 208 valence electrons. The Kier molecular flexibility index (Phi) is 9.85.